The molecule has 0 fully saturated rings. The lowest BCUT2D eigenvalue weighted by Crippen LogP contribution is -2.50. The summed E-state index contributed by atoms with van der Waals surface area (Å²) in [7, 11) is -0.939. The molecule has 8 heteroatoms. The molecule has 0 amide bonds. The van der Waals surface area contributed by atoms with E-state index in [0.717, 1.165) is 25.0 Å². The van der Waals surface area contributed by atoms with Crippen LogP contribution in [0.3, 0.4) is 0 Å². The number of carboxylic acid groups (broad SMARTS) is 1. The first-order chi connectivity index (χ1) is 17.4. The molecule has 0 aliphatic rings. The third kappa shape index (κ3) is 16.6. The van der Waals surface area contributed by atoms with E-state index in [1.54, 1.807) is 0 Å². The minimum absolute atomic E-state index is 0.166. The predicted octanol–water partition coefficient (Wildman–Crippen LogP) is 8.59. The van der Waals surface area contributed by atoms with Crippen molar-refractivity contribution in [2.45, 2.75) is 160 Å². The van der Waals surface area contributed by atoms with E-state index in [2.05, 4.69) is 13.8 Å². The summed E-state index contributed by atoms with van der Waals surface area (Å²) in [5.41, 5.74) is 0. The third-order valence-corrected chi connectivity index (χ3v) is 8.79. The Bertz CT molecular complexity index is 538. The molecule has 0 bridgehead atoms. The maximum Gasteiger partial charge on any atom is 0.353 e. The Hall–Kier alpha value is -0.200. The Morgan fingerprint density at radius 3 is 1.81 bits per heavy atom. The number of carbonyl (C=O) groups is 1. The van der Waals surface area contributed by atoms with Gasteiger partial charge in [-0.1, -0.05) is 111 Å². The van der Waals surface area contributed by atoms with Crippen LogP contribution in [0.5, 0.6) is 0 Å². The molecule has 214 valence electrons. The fraction of sp³-hybridized carbons (Fsp3) is 0.964. The molecular formula is C28H55O6PS. The zero-order valence-corrected chi connectivity index (χ0v) is 25.3. The lowest BCUT2D eigenvalue weighted by Gasteiger charge is -2.32. The highest BCUT2D eigenvalue weighted by atomic mass is 32.2. The summed E-state index contributed by atoms with van der Waals surface area (Å²) in [6, 6.07) is 0. The van der Waals surface area contributed by atoms with Gasteiger partial charge in [0.25, 0.3) is 5.34 Å². The summed E-state index contributed by atoms with van der Waals surface area (Å²) >= 11 is 1.88. The number of unbranched alkanes of at least 4 members (excludes halogenated alkanes) is 13. The fourth-order valence-corrected chi connectivity index (χ4v) is 5.81. The van der Waals surface area contributed by atoms with Crippen molar-refractivity contribution in [2.24, 2.45) is 0 Å². The van der Waals surface area contributed by atoms with Gasteiger partial charge in [-0.25, -0.2) is 4.79 Å². The average molecular weight is 551 g/mol. The highest BCUT2D eigenvalue weighted by Crippen LogP contribution is 2.32. The summed E-state index contributed by atoms with van der Waals surface area (Å²) < 4.78 is 23.1. The van der Waals surface area contributed by atoms with Gasteiger partial charge in [-0.2, -0.15) is 11.8 Å². The highest BCUT2D eigenvalue weighted by molar-refractivity contribution is 7.99. The smallest absolute Gasteiger partial charge is 0.353 e. The molecule has 4 unspecified atom stereocenters. The molecule has 0 aliphatic heterocycles. The van der Waals surface area contributed by atoms with Crippen LogP contribution in [0.25, 0.3) is 0 Å². The molecule has 0 spiro atoms. The Labute approximate surface area is 227 Å². The zero-order chi connectivity index (χ0) is 27.1. The van der Waals surface area contributed by atoms with Crippen molar-refractivity contribution in [1.82, 2.24) is 0 Å². The SMILES string of the molecule is CCCCCCCCCCSC(CCCCCCCCC)C(C)OC(OCCC)C(O)(P=O)C(=O)O. The van der Waals surface area contributed by atoms with Crippen molar-refractivity contribution < 1.29 is 29.0 Å². The minimum Gasteiger partial charge on any atom is -0.478 e. The minimum atomic E-state index is -2.62. The van der Waals surface area contributed by atoms with Gasteiger partial charge in [0.05, 0.1) is 6.10 Å². The number of hydrogen-bond donors (Lipinski definition) is 2. The molecule has 0 aromatic carbocycles. The first-order valence-corrected chi connectivity index (χ1v) is 16.4. The quantitative estimate of drug-likeness (QED) is 0.0601. The molecule has 36 heavy (non-hydrogen) atoms. The topological polar surface area (TPSA) is 93.1 Å². The molecule has 0 saturated carbocycles. The van der Waals surface area contributed by atoms with E-state index in [1.165, 1.54) is 83.5 Å². The number of ether oxygens (including phenoxy) is 2. The van der Waals surface area contributed by atoms with Crippen LogP contribution in [0.4, 0.5) is 0 Å². The molecule has 2 N–H and O–H groups in total. The maximum absolute atomic E-state index is 11.7. The maximum atomic E-state index is 11.7. The predicted molar refractivity (Wildman–Crippen MR) is 152 cm³/mol. The molecular weight excluding hydrogens is 495 g/mol. The van der Waals surface area contributed by atoms with Crippen molar-refractivity contribution in [3.63, 3.8) is 0 Å². The van der Waals surface area contributed by atoms with Crippen LogP contribution in [-0.4, -0.2) is 51.5 Å². The van der Waals surface area contributed by atoms with E-state index < -0.39 is 26.1 Å². The van der Waals surface area contributed by atoms with Crippen LogP contribution < -0.4 is 0 Å². The summed E-state index contributed by atoms with van der Waals surface area (Å²) in [4.78, 5) is 11.7. The normalized spacial score (nSPS) is 16.0. The van der Waals surface area contributed by atoms with Crippen molar-refractivity contribution in [2.75, 3.05) is 12.4 Å². The lowest BCUT2D eigenvalue weighted by atomic mass is 10.1. The molecule has 6 nitrogen and oxygen atoms in total. The van der Waals surface area contributed by atoms with Crippen LogP contribution in [-0.2, 0) is 18.8 Å². The first kappa shape index (κ1) is 35.8. The van der Waals surface area contributed by atoms with Gasteiger partial charge in [-0.15, -0.1) is 0 Å². The van der Waals surface area contributed by atoms with Gasteiger partial charge in [0.15, 0.2) is 0 Å². The van der Waals surface area contributed by atoms with Crippen LogP contribution >= 0.6 is 20.2 Å². The molecule has 0 radical (unpaired) electrons. The number of carboxylic acids is 1. The molecule has 0 saturated heterocycles. The first-order valence-electron chi connectivity index (χ1n) is 14.6. The molecule has 4 atom stereocenters. The van der Waals surface area contributed by atoms with Crippen LogP contribution in [0.1, 0.15) is 137 Å². The van der Waals surface area contributed by atoms with Gasteiger partial charge in [-0.3, -0.25) is 4.57 Å². The highest BCUT2D eigenvalue weighted by Gasteiger charge is 2.49. The lowest BCUT2D eigenvalue weighted by molar-refractivity contribution is -0.230. The summed E-state index contributed by atoms with van der Waals surface area (Å²) in [5, 5.41) is 17.5. The zero-order valence-electron chi connectivity index (χ0n) is 23.5. The van der Waals surface area contributed by atoms with Gasteiger partial charge < -0.3 is 19.7 Å². The van der Waals surface area contributed by atoms with Gasteiger partial charge in [-0.05, 0) is 31.9 Å². The molecule has 0 aromatic heterocycles. The van der Waals surface area contributed by atoms with E-state index in [9.17, 15) is 19.6 Å². The van der Waals surface area contributed by atoms with Gasteiger partial charge in [0, 0.05) is 11.9 Å². The summed E-state index contributed by atoms with van der Waals surface area (Å²) in [6.07, 6.45) is 18.7. The van der Waals surface area contributed by atoms with Crippen molar-refractivity contribution >= 4 is 26.2 Å². The van der Waals surface area contributed by atoms with E-state index in [-0.39, 0.29) is 18.0 Å². The third-order valence-electron chi connectivity index (χ3n) is 6.54. The van der Waals surface area contributed by atoms with Gasteiger partial charge in [0.1, 0.15) is 0 Å². The van der Waals surface area contributed by atoms with E-state index >= 15 is 0 Å². The Morgan fingerprint density at radius 2 is 1.33 bits per heavy atom. The van der Waals surface area contributed by atoms with Gasteiger partial charge in [0.2, 0.25) is 14.8 Å². The van der Waals surface area contributed by atoms with Crippen LogP contribution in [0, 0.1) is 0 Å². The number of rotatable bonds is 27. The van der Waals surface area contributed by atoms with Crippen molar-refractivity contribution in [3.8, 4) is 0 Å². The summed E-state index contributed by atoms with van der Waals surface area (Å²) in [6.45, 7) is 8.49. The summed E-state index contributed by atoms with van der Waals surface area (Å²) in [5.74, 6) is -0.574. The van der Waals surface area contributed by atoms with Crippen LogP contribution in [0.15, 0.2) is 0 Å². The number of hydrogen-bond acceptors (Lipinski definition) is 6. The molecule has 0 aliphatic carbocycles. The van der Waals surface area contributed by atoms with E-state index in [0.29, 0.717) is 6.42 Å². The Balaban J connectivity index is 4.88. The molecule has 0 rings (SSSR count). The van der Waals surface area contributed by atoms with E-state index in [1.807, 2.05) is 25.6 Å². The second kappa shape index (κ2) is 23.9. The van der Waals surface area contributed by atoms with E-state index in [4.69, 9.17) is 9.47 Å². The second-order valence-electron chi connectivity index (χ2n) is 9.96. The van der Waals surface area contributed by atoms with Crippen molar-refractivity contribution in [1.29, 1.82) is 0 Å². The average Bonchev–Trinajstić information content (AvgIpc) is 2.87. The molecule has 0 heterocycles. The van der Waals surface area contributed by atoms with Gasteiger partial charge >= 0.3 is 5.97 Å². The van der Waals surface area contributed by atoms with Crippen molar-refractivity contribution in [3.05, 3.63) is 0 Å². The largest absolute Gasteiger partial charge is 0.478 e. The number of thioether (sulfide) groups is 1. The monoisotopic (exact) mass is 550 g/mol. The standard InChI is InChI=1S/C28H55O6PS/c1-5-8-10-12-14-16-18-20-23-36-25(21-19-17-15-13-11-9-6-2)24(4)34-27(33-22-7-3)28(31,35-32)26(29)30/h24-25,27,31H,5-23H2,1-4H3,(H,29,30). The fourth-order valence-electron chi connectivity index (χ4n) is 4.17. The Morgan fingerprint density at radius 1 is 0.833 bits per heavy atom. The number of aliphatic carboxylic acids is 1. The van der Waals surface area contributed by atoms with Crippen LogP contribution in [0.2, 0.25) is 0 Å². The Kier molecular flexibility index (Phi) is 23.8. The number of aliphatic hydroxyl groups is 1. The second-order valence-corrected chi connectivity index (χ2v) is 12.2. The molecule has 0 aromatic rings.